The van der Waals surface area contributed by atoms with E-state index < -0.39 is 0 Å². The van der Waals surface area contributed by atoms with Crippen molar-refractivity contribution in [1.29, 1.82) is 0 Å². The standard InChI is InChI=1S/C12H26N2/c1-9(2)13-10(3)14-12(7,8)11(4,5)6/h9,13-14H,3H2,1-2,4-8H3. The molecule has 0 aliphatic carbocycles. The molecule has 2 heteroatoms. The van der Waals surface area contributed by atoms with Gasteiger partial charge in [-0.15, -0.1) is 0 Å². The van der Waals surface area contributed by atoms with E-state index in [4.69, 9.17) is 0 Å². The fourth-order valence-corrected chi connectivity index (χ4v) is 0.949. The summed E-state index contributed by atoms with van der Waals surface area (Å²) in [6.45, 7) is 19.3. The molecule has 0 unspecified atom stereocenters. The van der Waals surface area contributed by atoms with Crippen LogP contribution >= 0.6 is 0 Å². The molecule has 0 saturated carbocycles. The van der Waals surface area contributed by atoms with Crippen LogP contribution in [0, 0.1) is 5.41 Å². The molecular weight excluding hydrogens is 172 g/mol. The lowest BCUT2D eigenvalue weighted by Crippen LogP contribution is -2.51. The van der Waals surface area contributed by atoms with Crippen molar-refractivity contribution in [3.05, 3.63) is 12.4 Å². The van der Waals surface area contributed by atoms with Gasteiger partial charge in [0.2, 0.25) is 0 Å². The number of hydrogen-bond donors (Lipinski definition) is 2. The highest BCUT2D eigenvalue weighted by Gasteiger charge is 2.32. The summed E-state index contributed by atoms with van der Waals surface area (Å²) in [7, 11) is 0. The van der Waals surface area contributed by atoms with Crippen LogP contribution in [0.25, 0.3) is 0 Å². The van der Waals surface area contributed by atoms with E-state index in [2.05, 4.69) is 65.7 Å². The zero-order valence-corrected chi connectivity index (χ0v) is 10.8. The van der Waals surface area contributed by atoms with Crippen molar-refractivity contribution in [2.24, 2.45) is 5.41 Å². The first-order valence-corrected chi connectivity index (χ1v) is 5.30. The van der Waals surface area contributed by atoms with Crippen molar-refractivity contribution < 1.29 is 0 Å². The molecule has 0 atom stereocenters. The largest absolute Gasteiger partial charge is 0.370 e. The van der Waals surface area contributed by atoms with Crippen molar-refractivity contribution in [2.45, 2.75) is 60.0 Å². The molecule has 0 heterocycles. The average molecular weight is 198 g/mol. The third-order valence-corrected chi connectivity index (χ3v) is 2.80. The molecule has 0 spiro atoms. The summed E-state index contributed by atoms with van der Waals surface area (Å²) in [6, 6.07) is 0.422. The Morgan fingerprint density at radius 3 is 1.79 bits per heavy atom. The number of hydrogen-bond acceptors (Lipinski definition) is 2. The van der Waals surface area contributed by atoms with Gasteiger partial charge in [0.05, 0.1) is 5.82 Å². The first kappa shape index (κ1) is 13.3. The summed E-state index contributed by atoms with van der Waals surface area (Å²) in [4.78, 5) is 0. The second-order valence-electron chi connectivity index (χ2n) is 5.78. The maximum Gasteiger partial charge on any atom is 0.0918 e. The van der Waals surface area contributed by atoms with Gasteiger partial charge < -0.3 is 10.6 Å². The monoisotopic (exact) mass is 198 g/mol. The van der Waals surface area contributed by atoms with Crippen LogP contribution in [-0.4, -0.2) is 11.6 Å². The highest BCUT2D eigenvalue weighted by molar-refractivity contribution is 5.01. The zero-order valence-electron chi connectivity index (χ0n) is 10.8. The van der Waals surface area contributed by atoms with Gasteiger partial charge in [0.1, 0.15) is 0 Å². The summed E-state index contributed by atoms with van der Waals surface area (Å²) >= 11 is 0. The van der Waals surface area contributed by atoms with E-state index in [-0.39, 0.29) is 11.0 Å². The highest BCUT2D eigenvalue weighted by Crippen LogP contribution is 2.29. The maximum atomic E-state index is 3.97. The lowest BCUT2D eigenvalue weighted by atomic mass is 9.76. The Balaban J connectivity index is 4.30. The van der Waals surface area contributed by atoms with Crippen LogP contribution in [0.3, 0.4) is 0 Å². The quantitative estimate of drug-likeness (QED) is 0.726. The average Bonchev–Trinajstić information content (AvgIpc) is 1.79. The summed E-state index contributed by atoms with van der Waals surface area (Å²) in [6.07, 6.45) is 0. The Kier molecular flexibility index (Phi) is 4.04. The van der Waals surface area contributed by atoms with E-state index in [1.54, 1.807) is 0 Å². The van der Waals surface area contributed by atoms with E-state index in [9.17, 15) is 0 Å². The molecule has 2 nitrogen and oxygen atoms in total. The van der Waals surface area contributed by atoms with Gasteiger partial charge in [0.25, 0.3) is 0 Å². The lowest BCUT2D eigenvalue weighted by Gasteiger charge is -2.41. The van der Waals surface area contributed by atoms with E-state index in [1.807, 2.05) is 0 Å². The second kappa shape index (κ2) is 4.24. The molecule has 0 radical (unpaired) electrons. The molecule has 0 rings (SSSR count). The Bertz CT molecular complexity index is 197. The molecule has 0 amide bonds. The summed E-state index contributed by atoms with van der Waals surface area (Å²) in [5.41, 5.74) is 0.237. The fraction of sp³-hybridized carbons (Fsp3) is 0.833. The normalized spacial score (nSPS) is 12.9. The number of rotatable bonds is 4. The van der Waals surface area contributed by atoms with Gasteiger partial charge in [-0.25, -0.2) is 0 Å². The molecule has 0 bridgehead atoms. The Morgan fingerprint density at radius 2 is 1.50 bits per heavy atom. The molecule has 84 valence electrons. The molecular formula is C12H26N2. The molecule has 14 heavy (non-hydrogen) atoms. The van der Waals surface area contributed by atoms with Crippen LogP contribution in [0.4, 0.5) is 0 Å². The van der Waals surface area contributed by atoms with Crippen LogP contribution in [0.1, 0.15) is 48.5 Å². The van der Waals surface area contributed by atoms with E-state index in [0.717, 1.165) is 5.82 Å². The second-order valence-corrected chi connectivity index (χ2v) is 5.78. The van der Waals surface area contributed by atoms with E-state index in [1.165, 1.54) is 0 Å². The minimum atomic E-state index is 0.0337. The van der Waals surface area contributed by atoms with Gasteiger partial charge >= 0.3 is 0 Å². The van der Waals surface area contributed by atoms with Crippen molar-refractivity contribution in [2.75, 3.05) is 0 Å². The van der Waals surface area contributed by atoms with Crippen LogP contribution in [0.15, 0.2) is 12.4 Å². The van der Waals surface area contributed by atoms with Crippen LogP contribution in [0.2, 0.25) is 0 Å². The Hall–Kier alpha value is -0.660. The van der Waals surface area contributed by atoms with Gasteiger partial charge in [0.15, 0.2) is 0 Å². The van der Waals surface area contributed by atoms with Gasteiger partial charge in [-0.1, -0.05) is 27.4 Å². The van der Waals surface area contributed by atoms with Gasteiger partial charge in [-0.05, 0) is 33.1 Å². The topological polar surface area (TPSA) is 24.1 Å². The molecule has 0 aliphatic rings. The summed E-state index contributed by atoms with van der Waals surface area (Å²) in [5.74, 6) is 0.903. The predicted octanol–water partition coefficient (Wildman–Crippen LogP) is 2.87. The Labute approximate surface area is 89.2 Å². The zero-order chi connectivity index (χ0) is 11.6. The highest BCUT2D eigenvalue weighted by atomic mass is 15.1. The molecule has 0 saturated heterocycles. The SMILES string of the molecule is C=C(NC(C)C)NC(C)(C)C(C)(C)C. The van der Waals surface area contributed by atoms with Crippen molar-refractivity contribution in [3.8, 4) is 0 Å². The minimum Gasteiger partial charge on any atom is -0.370 e. The van der Waals surface area contributed by atoms with Crippen molar-refractivity contribution in [1.82, 2.24) is 10.6 Å². The maximum absolute atomic E-state index is 3.97. The van der Waals surface area contributed by atoms with Crippen molar-refractivity contribution in [3.63, 3.8) is 0 Å². The van der Waals surface area contributed by atoms with Gasteiger partial charge in [-0.2, -0.15) is 0 Å². The first-order valence-electron chi connectivity index (χ1n) is 5.30. The molecule has 0 aromatic rings. The lowest BCUT2D eigenvalue weighted by molar-refractivity contribution is 0.187. The fourth-order valence-electron chi connectivity index (χ4n) is 0.949. The summed E-state index contributed by atoms with van der Waals surface area (Å²) in [5, 5.41) is 6.69. The minimum absolute atomic E-state index is 0.0337. The van der Waals surface area contributed by atoms with Gasteiger partial charge in [0, 0.05) is 11.6 Å². The van der Waals surface area contributed by atoms with E-state index >= 15 is 0 Å². The third-order valence-electron chi connectivity index (χ3n) is 2.80. The smallest absolute Gasteiger partial charge is 0.0918 e. The first-order chi connectivity index (χ1) is 6.06. The molecule has 0 aromatic heterocycles. The molecule has 0 fully saturated rings. The molecule has 0 aromatic carbocycles. The Morgan fingerprint density at radius 1 is 1.07 bits per heavy atom. The summed E-state index contributed by atoms with van der Waals surface area (Å²) < 4.78 is 0. The van der Waals surface area contributed by atoms with Crippen LogP contribution in [-0.2, 0) is 0 Å². The molecule has 0 aliphatic heterocycles. The predicted molar refractivity (Wildman–Crippen MR) is 64.1 cm³/mol. The van der Waals surface area contributed by atoms with Gasteiger partial charge in [-0.3, -0.25) is 0 Å². The number of nitrogens with one attached hydrogen (secondary N) is 2. The van der Waals surface area contributed by atoms with Crippen LogP contribution in [0.5, 0.6) is 0 Å². The third kappa shape index (κ3) is 4.03. The van der Waals surface area contributed by atoms with Crippen molar-refractivity contribution >= 4 is 0 Å². The molecule has 2 N–H and O–H groups in total. The van der Waals surface area contributed by atoms with E-state index in [0.29, 0.717) is 6.04 Å². The van der Waals surface area contributed by atoms with Crippen LogP contribution < -0.4 is 10.6 Å².